The summed E-state index contributed by atoms with van der Waals surface area (Å²) in [5.41, 5.74) is 1.45. The third-order valence-corrected chi connectivity index (χ3v) is 2.25. The van der Waals surface area contributed by atoms with Gasteiger partial charge in [0, 0.05) is 23.5 Å². The van der Waals surface area contributed by atoms with Gasteiger partial charge in [0.1, 0.15) is 12.1 Å². The van der Waals surface area contributed by atoms with Crippen molar-refractivity contribution in [3.05, 3.63) is 42.2 Å². The van der Waals surface area contributed by atoms with Crippen molar-refractivity contribution >= 4 is 12.1 Å². The zero-order chi connectivity index (χ0) is 11.4. The molecule has 0 saturated heterocycles. The summed E-state index contributed by atoms with van der Waals surface area (Å²) < 4.78 is 0. The molecule has 0 amide bonds. The fourth-order valence-corrected chi connectivity index (χ4v) is 1.43. The van der Waals surface area contributed by atoms with Gasteiger partial charge in [0.25, 0.3) is 0 Å². The van der Waals surface area contributed by atoms with Crippen molar-refractivity contribution in [1.29, 1.82) is 0 Å². The second-order valence-corrected chi connectivity index (χ2v) is 3.31. The van der Waals surface area contributed by atoms with Gasteiger partial charge in [0.2, 0.25) is 0 Å². The van der Waals surface area contributed by atoms with Crippen molar-refractivity contribution in [2.45, 2.75) is 6.42 Å². The van der Waals surface area contributed by atoms with Gasteiger partial charge < -0.3 is 9.78 Å². The Labute approximate surface area is 92.3 Å². The van der Waals surface area contributed by atoms with Crippen molar-refractivity contribution in [3.8, 4) is 11.4 Å². The molecular weight excluding hydrogens is 204 g/mol. The molecule has 0 radical (unpaired) electrons. The second-order valence-electron chi connectivity index (χ2n) is 3.31. The molecule has 16 heavy (non-hydrogen) atoms. The van der Waals surface area contributed by atoms with Crippen LogP contribution in [0.2, 0.25) is 0 Å². The highest BCUT2D eigenvalue weighted by molar-refractivity contribution is 6.02. The number of hydrogen-bond acceptors (Lipinski definition) is 3. The summed E-state index contributed by atoms with van der Waals surface area (Å²) in [4.78, 5) is 28.7. The number of aromatic amines is 1. The Bertz CT molecular complexity index is 486. The summed E-state index contributed by atoms with van der Waals surface area (Å²) in [5, 5.41) is 0. The number of Topliss-reactive ketones (excluding diaryl/α,β-unsaturated/α-hetero) is 1. The van der Waals surface area contributed by atoms with Crippen molar-refractivity contribution < 1.29 is 9.59 Å². The molecule has 1 N–H and O–H groups in total. The van der Waals surface area contributed by atoms with Crippen LogP contribution in [0.25, 0.3) is 11.4 Å². The highest BCUT2D eigenvalue weighted by Crippen LogP contribution is 2.15. The monoisotopic (exact) mass is 214 g/mol. The zero-order valence-electron chi connectivity index (χ0n) is 8.51. The van der Waals surface area contributed by atoms with Crippen LogP contribution in [-0.2, 0) is 4.79 Å². The van der Waals surface area contributed by atoms with E-state index in [2.05, 4.69) is 9.97 Å². The van der Waals surface area contributed by atoms with E-state index in [9.17, 15) is 9.59 Å². The number of aromatic nitrogens is 2. The molecule has 4 heteroatoms. The number of imidazole rings is 1. The Kier molecular flexibility index (Phi) is 2.91. The molecular formula is C12H10N2O2. The van der Waals surface area contributed by atoms with Crippen molar-refractivity contribution in [1.82, 2.24) is 9.97 Å². The molecule has 4 nitrogen and oxygen atoms in total. The number of rotatable bonds is 4. The standard InChI is InChI=1S/C12H10N2O2/c15-8-5-11(16)9-1-3-10(4-2-9)12-13-6-7-14-12/h1-4,6-8H,5H2,(H,13,14). The van der Waals surface area contributed by atoms with Crippen LogP contribution in [0.3, 0.4) is 0 Å². The van der Waals surface area contributed by atoms with Gasteiger partial charge >= 0.3 is 0 Å². The molecule has 0 spiro atoms. The molecule has 0 saturated carbocycles. The van der Waals surface area contributed by atoms with Crippen LogP contribution in [0.15, 0.2) is 36.7 Å². The van der Waals surface area contributed by atoms with Crippen LogP contribution in [0.5, 0.6) is 0 Å². The van der Waals surface area contributed by atoms with Crippen molar-refractivity contribution in [2.75, 3.05) is 0 Å². The van der Waals surface area contributed by atoms with Gasteiger partial charge in [-0.25, -0.2) is 4.98 Å². The maximum Gasteiger partial charge on any atom is 0.169 e. The first kappa shape index (κ1) is 10.3. The number of nitrogens with one attached hydrogen (secondary N) is 1. The maximum atomic E-state index is 11.4. The van der Waals surface area contributed by atoms with Gasteiger partial charge in [0.15, 0.2) is 5.78 Å². The number of carbonyl (C=O) groups is 2. The Morgan fingerprint density at radius 3 is 2.62 bits per heavy atom. The predicted octanol–water partition coefficient (Wildman–Crippen LogP) is 1.85. The van der Waals surface area contributed by atoms with E-state index in [1.807, 2.05) is 0 Å². The highest BCUT2D eigenvalue weighted by Gasteiger charge is 2.05. The van der Waals surface area contributed by atoms with Gasteiger partial charge in [-0.3, -0.25) is 4.79 Å². The molecule has 80 valence electrons. The van der Waals surface area contributed by atoms with Gasteiger partial charge in [-0.2, -0.15) is 0 Å². The van der Waals surface area contributed by atoms with Crippen LogP contribution < -0.4 is 0 Å². The average molecular weight is 214 g/mol. The summed E-state index contributed by atoms with van der Waals surface area (Å²) in [6.45, 7) is 0. The number of ketones is 1. The molecule has 0 bridgehead atoms. The summed E-state index contributed by atoms with van der Waals surface area (Å²) in [6.07, 6.45) is 3.95. The summed E-state index contributed by atoms with van der Waals surface area (Å²) in [6, 6.07) is 7.00. The van der Waals surface area contributed by atoms with Crippen molar-refractivity contribution in [3.63, 3.8) is 0 Å². The summed E-state index contributed by atoms with van der Waals surface area (Å²) >= 11 is 0. The fraction of sp³-hybridized carbons (Fsp3) is 0.0833. The predicted molar refractivity (Wildman–Crippen MR) is 59.0 cm³/mol. The molecule has 0 aliphatic heterocycles. The zero-order valence-corrected chi connectivity index (χ0v) is 8.51. The largest absolute Gasteiger partial charge is 0.345 e. The van der Waals surface area contributed by atoms with Crippen LogP contribution in [0.4, 0.5) is 0 Å². The Balaban J connectivity index is 2.23. The first-order chi connectivity index (χ1) is 7.81. The SMILES string of the molecule is O=CCC(=O)c1ccc(-c2ncc[nH]2)cc1. The first-order valence-corrected chi connectivity index (χ1v) is 4.88. The van der Waals surface area contributed by atoms with Gasteiger partial charge in [0.05, 0.1) is 6.42 Å². The molecule has 0 aliphatic rings. The topological polar surface area (TPSA) is 62.8 Å². The lowest BCUT2D eigenvalue weighted by atomic mass is 10.1. The lowest BCUT2D eigenvalue weighted by molar-refractivity contribution is -0.107. The molecule has 1 aromatic carbocycles. The van der Waals surface area contributed by atoms with E-state index in [4.69, 9.17) is 0 Å². The second kappa shape index (κ2) is 4.53. The van der Waals surface area contributed by atoms with E-state index < -0.39 is 0 Å². The lowest BCUT2D eigenvalue weighted by Crippen LogP contribution is -1.98. The number of carbonyl (C=O) groups excluding carboxylic acids is 2. The number of benzene rings is 1. The minimum absolute atomic E-state index is 0.0693. The minimum atomic E-state index is -0.166. The Hall–Kier alpha value is -2.23. The van der Waals surface area contributed by atoms with Gasteiger partial charge in [-0.15, -0.1) is 0 Å². The van der Waals surface area contributed by atoms with E-state index >= 15 is 0 Å². The first-order valence-electron chi connectivity index (χ1n) is 4.88. The molecule has 2 aromatic rings. The van der Waals surface area contributed by atoms with Gasteiger partial charge in [-0.05, 0) is 0 Å². The summed E-state index contributed by atoms with van der Waals surface area (Å²) in [5.74, 6) is 0.593. The Morgan fingerprint density at radius 2 is 2.06 bits per heavy atom. The van der Waals surface area contributed by atoms with E-state index in [0.717, 1.165) is 11.4 Å². The molecule has 0 unspecified atom stereocenters. The molecule has 0 fully saturated rings. The summed E-state index contributed by atoms with van der Waals surface area (Å²) in [7, 11) is 0. The molecule has 1 heterocycles. The van der Waals surface area contributed by atoms with Crippen LogP contribution in [0, 0.1) is 0 Å². The molecule has 0 atom stereocenters. The molecule has 0 aliphatic carbocycles. The van der Waals surface area contributed by atoms with Crippen LogP contribution >= 0.6 is 0 Å². The normalized spacial score (nSPS) is 10.0. The van der Waals surface area contributed by atoms with E-state index in [0.29, 0.717) is 11.8 Å². The van der Waals surface area contributed by atoms with E-state index in [1.54, 1.807) is 36.7 Å². The highest BCUT2D eigenvalue weighted by atomic mass is 16.1. The van der Waals surface area contributed by atoms with Gasteiger partial charge in [-0.1, -0.05) is 24.3 Å². The number of nitrogens with zero attached hydrogens (tertiary/aromatic N) is 1. The number of H-pyrrole nitrogens is 1. The van der Waals surface area contributed by atoms with E-state index in [-0.39, 0.29) is 12.2 Å². The minimum Gasteiger partial charge on any atom is -0.345 e. The molecule has 2 rings (SSSR count). The number of aldehydes is 1. The van der Waals surface area contributed by atoms with Crippen LogP contribution in [-0.4, -0.2) is 22.0 Å². The third-order valence-electron chi connectivity index (χ3n) is 2.25. The quantitative estimate of drug-likeness (QED) is 0.480. The average Bonchev–Trinajstić information content (AvgIpc) is 2.83. The van der Waals surface area contributed by atoms with Crippen LogP contribution in [0.1, 0.15) is 16.8 Å². The molecule has 1 aromatic heterocycles. The Morgan fingerprint density at radius 1 is 1.31 bits per heavy atom. The third kappa shape index (κ3) is 2.06. The smallest absolute Gasteiger partial charge is 0.169 e. The fourth-order valence-electron chi connectivity index (χ4n) is 1.43. The van der Waals surface area contributed by atoms with Crippen molar-refractivity contribution in [2.24, 2.45) is 0 Å². The van der Waals surface area contributed by atoms with E-state index in [1.165, 1.54) is 0 Å². The lowest BCUT2D eigenvalue weighted by Gasteiger charge is -1.99. The number of hydrogen-bond donors (Lipinski definition) is 1. The maximum absolute atomic E-state index is 11.4.